The van der Waals surface area contributed by atoms with Crippen molar-refractivity contribution < 1.29 is 62.4 Å². The Labute approximate surface area is 234 Å². The molecule has 6 nitrogen and oxygen atoms in total. The van der Waals surface area contributed by atoms with E-state index in [1.807, 2.05) is 20.8 Å². The molecule has 34 heavy (non-hydrogen) atoms. The summed E-state index contributed by atoms with van der Waals surface area (Å²) < 4.78 is 0. The molecule has 0 bridgehead atoms. The Morgan fingerprint density at radius 3 is 0.765 bits per heavy atom. The van der Waals surface area contributed by atoms with Crippen molar-refractivity contribution in [1.29, 1.82) is 0 Å². The van der Waals surface area contributed by atoms with Gasteiger partial charge in [-0.25, -0.2) is 0 Å². The maximum Gasteiger partial charge on any atom is 3.00 e. The van der Waals surface area contributed by atoms with Crippen LogP contribution in [0.5, 0.6) is 0 Å². The van der Waals surface area contributed by atoms with E-state index >= 15 is 0 Å². The molecule has 0 N–H and O–H groups in total. The Kier molecular flexibility index (Phi) is 36.5. The molecule has 0 heterocycles. The minimum Gasteiger partial charge on any atom is -0.550 e. The first kappa shape index (κ1) is 40.7. The zero-order chi connectivity index (χ0) is 26.1. The van der Waals surface area contributed by atoms with E-state index in [1.165, 1.54) is 0 Å². The van der Waals surface area contributed by atoms with Crippen molar-refractivity contribution in [3.05, 3.63) is 0 Å². The zero-order valence-corrected chi connectivity index (χ0v) is 25.7. The van der Waals surface area contributed by atoms with Crippen LogP contribution in [0.25, 0.3) is 0 Å². The number of carbonyl (C=O) groups excluding carboxylic acids is 3. The fourth-order valence-electron chi connectivity index (χ4n) is 3.54. The molecule has 0 rings (SSSR count). The molecule has 3 unspecified atom stereocenters. The van der Waals surface area contributed by atoms with Gasteiger partial charge in [0.1, 0.15) is 0 Å². The van der Waals surface area contributed by atoms with Crippen molar-refractivity contribution in [1.82, 2.24) is 0 Å². The second-order valence-electron chi connectivity index (χ2n) is 8.84. The van der Waals surface area contributed by atoms with Gasteiger partial charge in [-0.2, -0.15) is 0 Å². The smallest absolute Gasteiger partial charge is 0.550 e. The van der Waals surface area contributed by atoms with E-state index in [4.69, 9.17) is 0 Å². The Bertz CT molecular complexity index is 403. The van der Waals surface area contributed by atoms with Crippen molar-refractivity contribution in [3.63, 3.8) is 0 Å². The Morgan fingerprint density at radius 1 is 0.441 bits per heavy atom. The minimum absolute atomic E-state index is 0. The first-order chi connectivity index (χ1) is 15.7. The minimum atomic E-state index is -0.875. The maximum atomic E-state index is 10.5. The van der Waals surface area contributed by atoms with Crippen LogP contribution < -0.4 is 15.3 Å². The Hall–Kier alpha value is -0.486. The number of carbonyl (C=O) groups is 3. The first-order valence-corrected chi connectivity index (χ1v) is 13.3. The van der Waals surface area contributed by atoms with Gasteiger partial charge in [0.05, 0.1) is 0 Å². The molecule has 0 aliphatic carbocycles. The number of carboxylic acids is 3. The van der Waals surface area contributed by atoms with Gasteiger partial charge in [0.25, 0.3) is 0 Å². The summed E-state index contributed by atoms with van der Waals surface area (Å²) in [6.45, 7) is 12.2. The van der Waals surface area contributed by atoms with Crippen molar-refractivity contribution in [2.24, 2.45) is 17.8 Å². The molecule has 0 saturated heterocycles. The van der Waals surface area contributed by atoms with Gasteiger partial charge in [-0.15, -0.1) is 0 Å². The van der Waals surface area contributed by atoms with Crippen molar-refractivity contribution in [2.75, 3.05) is 0 Å². The molecular weight excluding hydrogens is 509 g/mol. The SMILES string of the molecule is CCCCC(CCC)C(=O)[O-].CCCCC(CCC)C(=O)[O-].CCCCC(CCC)C(=O)[O-].[Y+3]. The van der Waals surface area contributed by atoms with Crippen LogP contribution in [0.1, 0.15) is 138 Å². The van der Waals surface area contributed by atoms with Crippen LogP contribution >= 0.6 is 0 Å². The summed E-state index contributed by atoms with van der Waals surface area (Å²) in [4.78, 5) is 31.5. The van der Waals surface area contributed by atoms with Crippen LogP contribution in [0.4, 0.5) is 0 Å². The van der Waals surface area contributed by atoms with E-state index in [-0.39, 0.29) is 50.5 Å². The number of aliphatic carboxylic acids is 3. The average Bonchev–Trinajstić information content (AvgIpc) is 2.77. The first-order valence-electron chi connectivity index (χ1n) is 13.3. The largest absolute Gasteiger partial charge is 3.00 e. The molecule has 0 amide bonds. The summed E-state index contributed by atoms with van der Waals surface area (Å²) in [5.41, 5.74) is 0. The Morgan fingerprint density at radius 2 is 0.647 bits per heavy atom. The third-order valence-corrected chi connectivity index (χ3v) is 5.63. The Balaban J connectivity index is -0.000000196. The molecule has 0 saturated carbocycles. The molecule has 0 aliphatic rings. The van der Waals surface area contributed by atoms with Gasteiger partial charge in [0.15, 0.2) is 0 Å². The fraction of sp³-hybridized carbons (Fsp3) is 0.889. The topological polar surface area (TPSA) is 120 Å². The van der Waals surface area contributed by atoms with Crippen molar-refractivity contribution >= 4 is 17.9 Å². The van der Waals surface area contributed by atoms with Crippen LogP contribution in [0.15, 0.2) is 0 Å². The molecule has 0 fully saturated rings. The summed E-state index contributed by atoms with van der Waals surface area (Å²) in [6, 6.07) is 0. The normalized spacial score (nSPS) is 12.5. The quantitative estimate of drug-likeness (QED) is 0.250. The molecular formula is C27H51O6Y. The second-order valence-corrected chi connectivity index (χ2v) is 8.84. The van der Waals surface area contributed by atoms with Gasteiger partial charge in [0, 0.05) is 17.9 Å². The van der Waals surface area contributed by atoms with E-state index in [1.54, 1.807) is 0 Å². The summed E-state index contributed by atoms with van der Waals surface area (Å²) in [5, 5.41) is 31.5. The van der Waals surface area contributed by atoms with Gasteiger partial charge in [-0.1, -0.05) is 99.3 Å². The van der Waals surface area contributed by atoms with E-state index < -0.39 is 17.9 Å². The number of carboxylic acid groups (broad SMARTS) is 3. The van der Waals surface area contributed by atoms with Gasteiger partial charge in [0.2, 0.25) is 0 Å². The molecule has 3 atom stereocenters. The molecule has 0 aromatic rings. The van der Waals surface area contributed by atoms with Gasteiger partial charge in [-0.05, 0) is 56.3 Å². The van der Waals surface area contributed by atoms with Gasteiger partial charge in [-0.3, -0.25) is 0 Å². The molecule has 0 aliphatic heterocycles. The van der Waals surface area contributed by atoms with E-state index in [0.717, 1.165) is 96.3 Å². The number of rotatable bonds is 18. The third kappa shape index (κ3) is 27.8. The van der Waals surface area contributed by atoms with Crippen molar-refractivity contribution in [2.45, 2.75) is 138 Å². The predicted molar refractivity (Wildman–Crippen MR) is 129 cm³/mol. The van der Waals surface area contributed by atoms with E-state index in [2.05, 4.69) is 20.8 Å². The summed E-state index contributed by atoms with van der Waals surface area (Å²) in [6.07, 6.45) is 13.6. The number of hydrogen-bond acceptors (Lipinski definition) is 6. The van der Waals surface area contributed by atoms with Crippen LogP contribution in [0.3, 0.4) is 0 Å². The van der Waals surface area contributed by atoms with Crippen molar-refractivity contribution in [3.8, 4) is 0 Å². The average molecular weight is 561 g/mol. The maximum absolute atomic E-state index is 10.5. The number of unbranched alkanes of at least 4 members (excludes halogenated alkanes) is 3. The van der Waals surface area contributed by atoms with Crippen LogP contribution in [-0.2, 0) is 47.1 Å². The molecule has 198 valence electrons. The molecule has 0 spiro atoms. The van der Waals surface area contributed by atoms with E-state index in [0.29, 0.717) is 0 Å². The zero-order valence-electron chi connectivity index (χ0n) is 22.9. The summed E-state index contributed by atoms with van der Waals surface area (Å²) in [7, 11) is 0. The van der Waals surface area contributed by atoms with Gasteiger partial charge >= 0.3 is 32.7 Å². The third-order valence-electron chi connectivity index (χ3n) is 5.63. The van der Waals surface area contributed by atoms with Crippen LogP contribution in [0, 0.1) is 17.8 Å². The van der Waals surface area contributed by atoms with Gasteiger partial charge < -0.3 is 29.7 Å². The second kappa shape index (κ2) is 30.5. The van der Waals surface area contributed by atoms with Crippen LogP contribution in [0.2, 0.25) is 0 Å². The predicted octanol–water partition coefficient (Wildman–Crippen LogP) is 4.03. The molecule has 0 aromatic heterocycles. The molecule has 7 heteroatoms. The van der Waals surface area contributed by atoms with E-state index in [9.17, 15) is 29.7 Å². The van der Waals surface area contributed by atoms with Crippen LogP contribution in [-0.4, -0.2) is 17.9 Å². The summed E-state index contributed by atoms with van der Waals surface area (Å²) in [5.74, 6) is -3.25. The molecule has 0 aromatic carbocycles. The standard InChI is InChI=1S/3C9H18O2.Y/c3*1-3-5-7-8(6-4-2)9(10)11;/h3*8H,3-7H2,1-2H3,(H,10,11);/q;;;+3/p-3. The summed E-state index contributed by atoms with van der Waals surface area (Å²) >= 11 is 0. The fourth-order valence-corrected chi connectivity index (χ4v) is 3.54. The molecule has 0 radical (unpaired) electrons. The monoisotopic (exact) mass is 560 g/mol. The number of hydrogen-bond donors (Lipinski definition) is 0.